The number of benzene rings is 1. The highest BCUT2D eigenvalue weighted by atomic mass is 16.5. The highest BCUT2D eigenvalue weighted by molar-refractivity contribution is 5.76. The van der Waals surface area contributed by atoms with Gasteiger partial charge in [-0.05, 0) is 17.6 Å². The molecule has 0 spiro atoms. The van der Waals surface area contributed by atoms with Crippen LogP contribution >= 0.6 is 0 Å². The predicted molar refractivity (Wildman–Crippen MR) is 54.7 cm³/mol. The average Bonchev–Trinajstić information content (AvgIpc) is 2.40. The quantitative estimate of drug-likeness (QED) is 0.420. The minimum atomic E-state index is -3.66. The lowest BCUT2D eigenvalue weighted by molar-refractivity contribution is -0.145. The Hall–Kier alpha value is -1.79. The molecule has 0 aliphatic carbocycles. The third kappa shape index (κ3) is 2.41. The van der Waals surface area contributed by atoms with Crippen molar-refractivity contribution in [3.8, 4) is 11.5 Å². The van der Waals surface area contributed by atoms with Crippen LogP contribution in [0.3, 0.4) is 0 Å². The number of hydrogen-bond acceptors (Lipinski definition) is 6. The maximum absolute atomic E-state index is 11.7. The van der Waals surface area contributed by atoms with Crippen LogP contribution in [0, 0.1) is 0 Å². The molecule has 0 saturated carbocycles. The summed E-state index contributed by atoms with van der Waals surface area (Å²) in [6, 6.07) is -7.06. The standard InChI is InChI=1S/C10H13NO5/c1-16-10(15)8(11)9(14)5-2-3-6(12)7(13)4-5/h2-4,8-9,12-14H,11H2,1H3/i1D3,2D,3D,4D,8D,9D. The molecule has 2 atom stereocenters. The van der Waals surface area contributed by atoms with Crippen LogP contribution in [-0.2, 0) is 9.53 Å². The van der Waals surface area contributed by atoms with Crippen LogP contribution in [0.15, 0.2) is 18.1 Å². The number of methoxy groups -OCH3 is 1. The number of nitrogens with two attached hydrogens (primary N) is 1. The molecule has 1 aromatic rings. The van der Waals surface area contributed by atoms with Gasteiger partial charge in [-0.15, -0.1) is 0 Å². The van der Waals surface area contributed by atoms with E-state index in [2.05, 4.69) is 4.74 Å². The van der Waals surface area contributed by atoms with Crippen LogP contribution in [0.4, 0.5) is 0 Å². The number of carbonyl (C=O) groups is 1. The first-order valence-electron chi connectivity index (χ1n) is 7.82. The molecule has 1 aromatic carbocycles. The molecule has 2 unspecified atom stereocenters. The Morgan fingerprint density at radius 3 is 2.94 bits per heavy atom. The molecule has 0 radical (unpaired) electrons. The largest absolute Gasteiger partial charge is 0.504 e. The molecule has 1 rings (SSSR count). The lowest BCUT2D eigenvalue weighted by Gasteiger charge is -2.17. The lowest BCUT2D eigenvalue weighted by atomic mass is 10.0. The second kappa shape index (κ2) is 4.82. The van der Waals surface area contributed by atoms with E-state index in [1.807, 2.05) is 0 Å². The molecule has 0 aliphatic rings. The zero-order valence-electron chi connectivity index (χ0n) is 15.7. The fraction of sp³-hybridized carbons (Fsp3) is 0.300. The number of aliphatic hydroxyl groups is 1. The smallest absolute Gasteiger partial charge is 0.325 e. The topological polar surface area (TPSA) is 113 Å². The number of carbonyl (C=O) groups excluding carboxylic acids is 1. The second-order valence-electron chi connectivity index (χ2n) is 2.60. The molecule has 0 aromatic heterocycles. The van der Waals surface area contributed by atoms with Crippen molar-refractivity contribution in [2.45, 2.75) is 12.1 Å². The first-order chi connectivity index (χ1) is 10.6. The van der Waals surface area contributed by atoms with Crippen molar-refractivity contribution < 1.29 is 35.8 Å². The number of ether oxygens (including phenoxy) is 1. The lowest BCUT2D eigenvalue weighted by Crippen LogP contribution is -2.37. The molecule has 6 heteroatoms. The summed E-state index contributed by atoms with van der Waals surface area (Å²) in [5.41, 5.74) is 3.92. The second-order valence-corrected chi connectivity index (χ2v) is 2.60. The molecular formula is C10H13NO5. The minimum Gasteiger partial charge on any atom is -0.504 e. The van der Waals surface area contributed by atoms with E-state index < -0.39 is 60.3 Å². The highest BCUT2D eigenvalue weighted by Crippen LogP contribution is 2.28. The maximum atomic E-state index is 11.7. The van der Waals surface area contributed by atoms with E-state index >= 15 is 0 Å². The van der Waals surface area contributed by atoms with Gasteiger partial charge in [-0.3, -0.25) is 4.79 Å². The number of hydrogen-bond donors (Lipinski definition) is 4. The first kappa shape index (κ1) is 5.03. The zero-order valence-corrected chi connectivity index (χ0v) is 7.74. The van der Waals surface area contributed by atoms with Gasteiger partial charge in [-0.25, -0.2) is 0 Å². The van der Waals surface area contributed by atoms with Crippen LogP contribution in [-0.4, -0.2) is 34.3 Å². The van der Waals surface area contributed by atoms with Gasteiger partial charge >= 0.3 is 5.97 Å². The Morgan fingerprint density at radius 2 is 2.31 bits per heavy atom. The first-order valence-corrected chi connectivity index (χ1v) is 3.82. The van der Waals surface area contributed by atoms with E-state index in [1.54, 1.807) is 0 Å². The van der Waals surface area contributed by atoms with Gasteiger partial charge in [0.1, 0.15) is 12.1 Å². The normalized spacial score (nSPS) is 26.1. The summed E-state index contributed by atoms with van der Waals surface area (Å²) < 4.78 is 61.9. The van der Waals surface area contributed by atoms with E-state index in [-0.39, 0.29) is 0 Å². The molecule has 88 valence electrons. The van der Waals surface area contributed by atoms with E-state index in [1.165, 1.54) is 0 Å². The van der Waals surface area contributed by atoms with Gasteiger partial charge in [0.15, 0.2) is 11.5 Å². The Morgan fingerprint density at radius 1 is 1.62 bits per heavy atom. The number of phenolic OH excluding ortho intramolecular Hbond substituents is 2. The van der Waals surface area contributed by atoms with Crippen LogP contribution in [0.2, 0.25) is 0 Å². The predicted octanol–water partition coefficient (Wildman–Crippen LogP) is -0.369. The maximum Gasteiger partial charge on any atom is 0.325 e. The Balaban J connectivity index is 3.58. The fourth-order valence-electron chi connectivity index (χ4n) is 0.794. The molecule has 0 fully saturated rings. The van der Waals surface area contributed by atoms with Crippen molar-refractivity contribution in [1.82, 2.24) is 0 Å². The summed E-state index contributed by atoms with van der Waals surface area (Å²) in [5.74, 6) is -4.56. The van der Waals surface area contributed by atoms with Crippen molar-refractivity contribution in [1.29, 1.82) is 0 Å². The van der Waals surface area contributed by atoms with E-state index in [9.17, 15) is 20.1 Å². The van der Waals surface area contributed by atoms with E-state index in [4.69, 9.17) is 16.7 Å². The van der Waals surface area contributed by atoms with E-state index in [0.29, 0.717) is 0 Å². The van der Waals surface area contributed by atoms with Gasteiger partial charge in [0.25, 0.3) is 0 Å². The van der Waals surface area contributed by atoms with Crippen molar-refractivity contribution in [3.63, 3.8) is 0 Å². The van der Waals surface area contributed by atoms with Crippen LogP contribution in [0.5, 0.6) is 11.5 Å². The van der Waals surface area contributed by atoms with Gasteiger partial charge < -0.3 is 25.8 Å². The highest BCUT2D eigenvalue weighted by Gasteiger charge is 2.25. The molecule has 5 N–H and O–H groups in total. The fourth-order valence-corrected chi connectivity index (χ4v) is 0.794. The Labute approximate surface area is 103 Å². The van der Waals surface area contributed by atoms with Gasteiger partial charge in [-0.1, -0.05) is 6.04 Å². The summed E-state index contributed by atoms with van der Waals surface area (Å²) in [6.07, 6.45) is -3.66. The number of aromatic hydroxyl groups is 2. The van der Waals surface area contributed by atoms with Crippen LogP contribution < -0.4 is 5.73 Å². The minimum absolute atomic E-state index is 1.11. The van der Waals surface area contributed by atoms with Crippen molar-refractivity contribution in [2.75, 3.05) is 7.04 Å². The number of phenols is 2. The molecule has 0 amide bonds. The van der Waals surface area contributed by atoms with Gasteiger partial charge in [0.05, 0.1) is 18.0 Å². The summed E-state index contributed by atoms with van der Waals surface area (Å²) >= 11 is 0. The SMILES string of the molecule is [2H]c1c([2H])c(C([2H])(O)C([2H])(N)C(=O)OC([2H])([2H])[2H])c([2H])c(O)c1O. The average molecular weight is 235 g/mol. The van der Waals surface area contributed by atoms with E-state index in [0.717, 1.165) is 0 Å². The van der Waals surface area contributed by atoms with Gasteiger partial charge in [0, 0.05) is 0 Å². The molecule has 0 aliphatic heterocycles. The third-order valence-corrected chi connectivity index (χ3v) is 1.58. The summed E-state index contributed by atoms with van der Waals surface area (Å²) in [5, 5.41) is 29.0. The molecule has 16 heavy (non-hydrogen) atoms. The molecular weight excluding hydrogens is 214 g/mol. The van der Waals surface area contributed by atoms with Gasteiger partial charge in [0.2, 0.25) is 0 Å². The summed E-state index contributed by atoms with van der Waals surface area (Å²) in [7, 11) is -3.34. The number of rotatable bonds is 3. The summed E-state index contributed by atoms with van der Waals surface area (Å²) in [4.78, 5) is 11.7. The molecule has 0 saturated heterocycles. The molecule has 0 bridgehead atoms. The molecule has 6 nitrogen and oxygen atoms in total. The Kier molecular flexibility index (Phi) is 1.51. The van der Waals surface area contributed by atoms with Crippen LogP contribution in [0.25, 0.3) is 0 Å². The third-order valence-electron chi connectivity index (χ3n) is 1.58. The Bertz CT molecular complexity index is 658. The van der Waals surface area contributed by atoms with Crippen molar-refractivity contribution in [3.05, 3.63) is 23.7 Å². The zero-order chi connectivity index (χ0) is 19.2. The van der Waals surface area contributed by atoms with Gasteiger partial charge in [-0.2, -0.15) is 0 Å². The van der Waals surface area contributed by atoms with Crippen LogP contribution in [0.1, 0.15) is 22.6 Å². The summed E-state index contributed by atoms with van der Waals surface area (Å²) in [6.45, 7) is 0. The van der Waals surface area contributed by atoms with Crippen molar-refractivity contribution >= 4 is 5.97 Å². The molecule has 0 heterocycles. The monoisotopic (exact) mass is 235 g/mol. The van der Waals surface area contributed by atoms with Crippen molar-refractivity contribution in [2.24, 2.45) is 5.73 Å². The number of esters is 1.